The van der Waals surface area contributed by atoms with Gasteiger partial charge in [0, 0.05) is 6.04 Å². The minimum atomic E-state index is -5.08. The number of hydrogen-bond donors (Lipinski definition) is 2. The summed E-state index contributed by atoms with van der Waals surface area (Å²) in [6.45, 7) is 1.46. The van der Waals surface area contributed by atoms with Crippen molar-refractivity contribution in [2.24, 2.45) is 11.7 Å². The maximum absolute atomic E-state index is 11.5. The molecule has 10 nitrogen and oxygen atoms in total. The van der Waals surface area contributed by atoms with Crippen LogP contribution in [0.5, 0.6) is 0 Å². The van der Waals surface area contributed by atoms with Gasteiger partial charge in [-0.3, -0.25) is 13.8 Å². The third-order valence-corrected chi connectivity index (χ3v) is 3.20. The molecular weight excluding hydrogens is 391 g/mol. The van der Waals surface area contributed by atoms with Gasteiger partial charge in [0.25, 0.3) is 10.1 Å². The summed E-state index contributed by atoms with van der Waals surface area (Å²) in [4.78, 5) is 31.8. The summed E-state index contributed by atoms with van der Waals surface area (Å²) in [5.41, 5.74) is 5.71. The summed E-state index contributed by atoms with van der Waals surface area (Å²) in [7, 11) is -1.41. The Labute approximate surface area is 147 Å². The van der Waals surface area contributed by atoms with Gasteiger partial charge in [-0.25, -0.2) is 4.79 Å². The molecule has 0 spiro atoms. The quantitative estimate of drug-likeness (QED) is 0.322. The second-order valence-electron chi connectivity index (χ2n) is 4.84. The summed E-state index contributed by atoms with van der Waals surface area (Å²) in [6.07, 6.45) is -4.99. The molecule has 14 heteroatoms. The summed E-state index contributed by atoms with van der Waals surface area (Å²) >= 11 is 0. The van der Waals surface area contributed by atoms with Crippen LogP contribution in [0, 0.1) is 5.92 Å². The van der Waals surface area contributed by atoms with Crippen molar-refractivity contribution in [3.63, 3.8) is 0 Å². The molecule has 2 unspecified atom stereocenters. The van der Waals surface area contributed by atoms with E-state index in [1.54, 1.807) is 0 Å². The van der Waals surface area contributed by atoms with Crippen LogP contribution in [-0.2, 0) is 38.2 Å². The van der Waals surface area contributed by atoms with Crippen molar-refractivity contribution in [2.45, 2.75) is 31.7 Å². The first kappa shape index (κ1) is 26.3. The monoisotopic (exact) mass is 411 g/mol. The molecule has 0 bridgehead atoms. The molecule has 0 aliphatic carbocycles. The van der Waals surface area contributed by atoms with E-state index in [1.165, 1.54) is 6.92 Å². The molecule has 3 N–H and O–H groups in total. The number of methoxy groups -OCH3 is 2. The summed E-state index contributed by atoms with van der Waals surface area (Å²) in [5.74, 6) is -5.76. The van der Waals surface area contributed by atoms with Gasteiger partial charge in [0.2, 0.25) is 0 Å². The highest BCUT2D eigenvalue weighted by molar-refractivity contribution is 7.86. The van der Waals surface area contributed by atoms with Crippen LogP contribution in [0.25, 0.3) is 0 Å². The maximum atomic E-state index is 11.5. The van der Waals surface area contributed by atoms with Crippen molar-refractivity contribution in [1.29, 1.82) is 0 Å². The number of ether oxygens (including phenoxy) is 2. The van der Waals surface area contributed by atoms with Gasteiger partial charge in [-0.05, 0) is 13.3 Å². The second kappa shape index (κ2) is 10.9. The first-order valence-electron chi connectivity index (χ1n) is 6.66. The number of carboxylic acid groups (broad SMARTS) is 1. The van der Waals surface area contributed by atoms with Crippen molar-refractivity contribution < 1.29 is 54.7 Å². The highest BCUT2D eigenvalue weighted by atomic mass is 32.2. The minimum Gasteiger partial charge on any atom is -0.475 e. The third kappa shape index (κ3) is 11.6. The highest BCUT2D eigenvalue weighted by Crippen LogP contribution is 2.14. The lowest BCUT2D eigenvalue weighted by Crippen LogP contribution is -2.44. The van der Waals surface area contributed by atoms with Crippen LogP contribution in [0.15, 0.2) is 0 Å². The SMILES string of the molecule is COC(=O)C(C(=O)OC)C(N)CC(C)OS(C)(=O)=O.O=C(O)C(F)(F)F. The average molecular weight is 411 g/mol. The normalized spacial score (nSPS) is 13.9. The lowest BCUT2D eigenvalue weighted by Gasteiger charge is -2.22. The molecule has 26 heavy (non-hydrogen) atoms. The number of carbonyl (C=O) groups excluding carboxylic acids is 2. The van der Waals surface area contributed by atoms with Gasteiger partial charge in [0.15, 0.2) is 5.92 Å². The van der Waals surface area contributed by atoms with Gasteiger partial charge in [-0.2, -0.15) is 21.6 Å². The first-order chi connectivity index (χ1) is 11.6. The van der Waals surface area contributed by atoms with Crippen molar-refractivity contribution in [2.75, 3.05) is 20.5 Å². The smallest absolute Gasteiger partial charge is 0.475 e. The van der Waals surface area contributed by atoms with E-state index in [-0.39, 0.29) is 6.42 Å². The molecule has 0 saturated heterocycles. The zero-order valence-corrected chi connectivity index (χ0v) is 15.1. The van der Waals surface area contributed by atoms with E-state index < -0.39 is 52.3 Å². The van der Waals surface area contributed by atoms with Crippen LogP contribution in [-0.4, -0.2) is 70.2 Å². The topological polar surface area (TPSA) is 159 Å². The van der Waals surface area contributed by atoms with Crippen molar-refractivity contribution >= 4 is 28.0 Å². The van der Waals surface area contributed by atoms with E-state index in [4.69, 9.17) is 15.6 Å². The van der Waals surface area contributed by atoms with Crippen LogP contribution in [0.3, 0.4) is 0 Å². The van der Waals surface area contributed by atoms with Gasteiger partial charge in [0.05, 0.1) is 26.6 Å². The number of aliphatic carboxylic acids is 1. The van der Waals surface area contributed by atoms with Gasteiger partial charge >= 0.3 is 24.1 Å². The van der Waals surface area contributed by atoms with Crippen LogP contribution >= 0.6 is 0 Å². The second-order valence-corrected chi connectivity index (χ2v) is 6.44. The number of alkyl halides is 3. The number of hydrogen-bond acceptors (Lipinski definition) is 9. The zero-order valence-electron chi connectivity index (χ0n) is 14.3. The lowest BCUT2D eigenvalue weighted by molar-refractivity contribution is -0.192. The van der Waals surface area contributed by atoms with Crippen LogP contribution < -0.4 is 5.73 Å². The Morgan fingerprint density at radius 1 is 1.12 bits per heavy atom. The van der Waals surface area contributed by atoms with E-state index in [1.807, 2.05) is 0 Å². The fourth-order valence-electron chi connectivity index (χ4n) is 1.56. The number of halogens is 3. The molecule has 0 aromatic carbocycles. The van der Waals surface area contributed by atoms with Crippen LogP contribution in [0.2, 0.25) is 0 Å². The summed E-state index contributed by atoms with van der Waals surface area (Å²) in [5, 5.41) is 7.12. The van der Waals surface area contributed by atoms with Gasteiger partial charge < -0.3 is 20.3 Å². The summed E-state index contributed by atoms with van der Waals surface area (Å²) < 4.78 is 67.2. The van der Waals surface area contributed by atoms with E-state index in [9.17, 15) is 31.2 Å². The molecule has 0 radical (unpaired) electrons. The highest BCUT2D eigenvalue weighted by Gasteiger charge is 2.38. The van der Waals surface area contributed by atoms with Crippen molar-refractivity contribution in [1.82, 2.24) is 0 Å². The lowest BCUT2D eigenvalue weighted by atomic mass is 9.96. The van der Waals surface area contributed by atoms with Gasteiger partial charge in [-0.15, -0.1) is 0 Å². The number of nitrogens with two attached hydrogens (primary N) is 1. The van der Waals surface area contributed by atoms with E-state index in [0.717, 1.165) is 20.5 Å². The Morgan fingerprint density at radius 3 is 1.69 bits per heavy atom. The fourth-order valence-corrected chi connectivity index (χ4v) is 2.23. The van der Waals surface area contributed by atoms with Crippen LogP contribution in [0.1, 0.15) is 13.3 Å². The molecule has 154 valence electrons. The zero-order chi connectivity index (χ0) is 21.3. The first-order valence-corrected chi connectivity index (χ1v) is 8.48. The Balaban J connectivity index is 0. The van der Waals surface area contributed by atoms with Crippen molar-refractivity contribution in [3.05, 3.63) is 0 Å². The van der Waals surface area contributed by atoms with Gasteiger partial charge in [-0.1, -0.05) is 0 Å². The number of esters is 2. The van der Waals surface area contributed by atoms with E-state index >= 15 is 0 Å². The molecule has 0 amide bonds. The fraction of sp³-hybridized carbons (Fsp3) is 0.750. The molecule has 0 aromatic rings. The number of rotatable bonds is 7. The predicted octanol–water partition coefficient (Wildman–Crippen LogP) is -0.336. The predicted molar refractivity (Wildman–Crippen MR) is 79.2 cm³/mol. The molecule has 2 atom stereocenters. The number of carboxylic acids is 1. The Hall–Kier alpha value is -1.93. The maximum Gasteiger partial charge on any atom is 0.490 e. The molecule has 0 rings (SSSR count). The Morgan fingerprint density at radius 2 is 1.46 bits per heavy atom. The standard InChI is InChI=1S/C10H19NO7S.C2HF3O2/c1-6(18-19(4,14)15)5-7(11)8(9(12)16-2)10(13)17-3;3-2(4,5)1(6)7/h6-8H,5,11H2,1-4H3;(H,6,7). The largest absolute Gasteiger partial charge is 0.490 e. The molecule has 0 aliphatic heterocycles. The Bertz CT molecular complexity index is 575. The van der Waals surface area contributed by atoms with E-state index in [2.05, 4.69) is 13.7 Å². The molecule has 0 aromatic heterocycles. The minimum absolute atomic E-state index is 0.0259. The van der Waals surface area contributed by atoms with E-state index in [0.29, 0.717) is 0 Å². The van der Waals surface area contributed by atoms with Crippen molar-refractivity contribution in [3.8, 4) is 0 Å². The molecule has 0 heterocycles. The average Bonchev–Trinajstić information content (AvgIpc) is 2.44. The van der Waals surface area contributed by atoms with Crippen LogP contribution in [0.4, 0.5) is 13.2 Å². The molecule has 0 saturated carbocycles. The molecular formula is C12H20F3NO9S. The third-order valence-electron chi connectivity index (χ3n) is 2.52. The molecule has 0 aliphatic rings. The summed E-state index contributed by atoms with van der Waals surface area (Å²) in [6, 6.07) is -0.975. The molecule has 0 fully saturated rings. The van der Waals surface area contributed by atoms with Gasteiger partial charge in [0.1, 0.15) is 0 Å². The number of carbonyl (C=O) groups is 3. The Kier molecular flexibility index (Phi) is 11.1.